The Balaban J connectivity index is 1.73. The van der Waals surface area contributed by atoms with E-state index in [1.807, 2.05) is 4.57 Å². The van der Waals surface area contributed by atoms with Gasteiger partial charge in [0, 0.05) is 26.2 Å². The van der Waals surface area contributed by atoms with Crippen molar-refractivity contribution in [2.75, 3.05) is 32.8 Å². The molecule has 0 aliphatic carbocycles. The number of carbonyl (C=O) groups excluding carboxylic acids is 1. The first-order valence-electron chi connectivity index (χ1n) is 5.65. The third-order valence-corrected chi connectivity index (χ3v) is 2.84. The highest BCUT2D eigenvalue weighted by molar-refractivity contribution is 5.71. The van der Waals surface area contributed by atoms with E-state index in [0.717, 1.165) is 52.1 Å². The van der Waals surface area contributed by atoms with Crippen molar-refractivity contribution in [3.63, 3.8) is 0 Å². The van der Waals surface area contributed by atoms with Crippen LogP contribution < -0.4 is 0 Å². The van der Waals surface area contributed by atoms with Crippen LogP contribution in [0.25, 0.3) is 0 Å². The van der Waals surface area contributed by atoms with Crippen molar-refractivity contribution < 1.29 is 9.53 Å². The topological polar surface area (TPSA) is 47.4 Å². The molecule has 5 heteroatoms. The minimum Gasteiger partial charge on any atom is -0.379 e. The van der Waals surface area contributed by atoms with Crippen LogP contribution in [0.15, 0.2) is 12.5 Å². The number of nitrogens with zero attached hydrogens (tertiary/aromatic N) is 3. The summed E-state index contributed by atoms with van der Waals surface area (Å²) in [4.78, 5) is 17.0. The minimum absolute atomic E-state index is 0.655. The van der Waals surface area contributed by atoms with Gasteiger partial charge in [0.25, 0.3) is 0 Å². The highest BCUT2D eigenvalue weighted by Gasteiger charge is 2.09. The van der Waals surface area contributed by atoms with Crippen LogP contribution in [0.1, 0.15) is 16.9 Å². The number of hydrogen-bond acceptors (Lipinski definition) is 4. The van der Waals surface area contributed by atoms with Crippen LogP contribution >= 0.6 is 0 Å². The van der Waals surface area contributed by atoms with Gasteiger partial charge in [0.2, 0.25) is 0 Å². The van der Waals surface area contributed by atoms with Crippen LogP contribution in [0.3, 0.4) is 0 Å². The van der Waals surface area contributed by atoms with Gasteiger partial charge in [-0.15, -0.1) is 0 Å². The van der Waals surface area contributed by atoms with Gasteiger partial charge in [-0.25, -0.2) is 4.98 Å². The first kappa shape index (κ1) is 11.3. The smallest absolute Gasteiger partial charge is 0.168 e. The van der Waals surface area contributed by atoms with Crippen LogP contribution in [0.5, 0.6) is 0 Å². The van der Waals surface area contributed by atoms with Crippen LogP contribution in [-0.2, 0) is 11.3 Å². The molecule has 88 valence electrons. The molecule has 0 atom stereocenters. The second-order valence-electron chi connectivity index (χ2n) is 3.94. The lowest BCUT2D eigenvalue weighted by atomic mass is 10.3. The standard InChI is InChI=1S/C11H17N3O2/c15-9-11-8-12-10-14(11)3-1-2-13-4-6-16-7-5-13/h8-10H,1-7H2. The van der Waals surface area contributed by atoms with Gasteiger partial charge >= 0.3 is 0 Å². The van der Waals surface area contributed by atoms with E-state index < -0.39 is 0 Å². The molecule has 1 aromatic rings. The molecular formula is C11H17N3O2. The fraction of sp³-hybridized carbons (Fsp3) is 0.636. The fourth-order valence-electron chi connectivity index (χ4n) is 1.91. The highest BCUT2D eigenvalue weighted by atomic mass is 16.5. The molecule has 0 N–H and O–H groups in total. The summed E-state index contributed by atoms with van der Waals surface area (Å²) in [5.74, 6) is 0. The van der Waals surface area contributed by atoms with E-state index in [4.69, 9.17) is 4.74 Å². The Morgan fingerprint density at radius 3 is 2.94 bits per heavy atom. The van der Waals surface area contributed by atoms with Crippen molar-refractivity contribution in [3.05, 3.63) is 18.2 Å². The number of rotatable bonds is 5. The quantitative estimate of drug-likeness (QED) is 0.679. The number of hydrogen-bond donors (Lipinski definition) is 0. The largest absolute Gasteiger partial charge is 0.379 e. The molecule has 2 rings (SSSR count). The molecular weight excluding hydrogens is 206 g/mol. The molecule has 1 saturated heterocycles. The normalized spacial score (nSPS) is 17.5. The van der Waals surface area contributed by atoms with Crippen LogP contribution in [-0.4, -0.2) is 53.6 Å². The predicted octanol–water partition coefficient (Wildman–Crippen LogP) is 0.418. The fourth-order valence-corrected chi connectivity index (χ4v) is 1.91. The summed E-state index contributed by atoms with van der Waals surface area (Å²) < 4.78 is 7.18. The Kier molecular flexibility index (Phi) is 4.07. The average molecular weight is 223 g/mol. The third kappa shape index (κ3) is 2.90. The van der Waals surface area contributed by atoms with E-state index in [1.54, 1.807) is 12.5 Å². The summed E-state index contributed by atoms with van der Waals surface area (Å²) in [7, 11) is 0. The number of aldehydes is 1. The average Bonchev–Trinajstić information content (AvgIpc) is 2.78. The predicted molar refractivity (Wildman–Crippen MR) is 59.5 cm³/mol. The Hall–Kier alpha value is -1.20. The number of ether oxygens (including phenoxy) is 1. The summed E-state index contributed by atoms with van der Waals surface area (Å²) in [5, 5.41) is 0. The first-order valence-corrected chi connectivity index (χ1v) is 5.65. The molecule has 1 aliphatic heterocycles. The number of imidazole rings is 1. The van der Waals surface area contributed by atoms with Gasteiger partial charge in [-0.05, 0) is 6.42 Å². The van der Waals surface area contributed by atoms with Gasteiger partial charge in [0.15, 0.2) is 6.29 Å². The van der Waals surface area contributed by atoms with E-state index >= 15 is 0 Å². The first-order chi connectivity index (χ1) is 7.90. The Morgan fingerprint density at radius 1 is 1.38 bits per heavy atom. The summed E-state index contributed by atoms with van der Waals surface area (Å²) >= 11 is 0. The van der Waals surface area contributed by atoms with Gasteiger partial charge < -0.3 is 9.30 Å². The molecule has 0 amide bonds. The van der Waals surface area contributed by atoms with Gasteiger partial charge in [-0.1, -0.05) is 0 Å². The third-order valence-electron chi connectivity index (χ3n) is 2.84. The Labute approximate surface area is 95.0 Å². The molecule has 16 heavy (non-hydrogen) atoms. The number of aromatic nitrogens is 2. The maximum Gasteiger partial charge on any atom is 0.168 e. The van der Waals surface area contributed by atoms with Gasteiger partial charge in [-0.3, -0.25) is 9.69 Å². The molecule has 5 nitrogen and oxygen atoms in total. The molecule has 0 saturated carbocycles. The van der Waals surface area contributed by atoms with Crippen molar-refractivity contribution in [3.8, 4) is 0 Å². The molecule has 1 aromatic heterocycles. The molecule has 0 unspecified atom stereocenters. The Bertz CT molecular complexity index is 332. The summed E-state index contributed by atoms with van der Waals surface area (Å²) in [6.07, 6.45) is 5.20. The zero-order chi connectivity index (χ0) is 11.2. The molecule has 2 heterocycles. The lowest BCUT2D eigenvalue weighted by molar-refractivity contribution is 0.0369. The molecule has 1 aliphatic rings. The maximum absolute atomic E-state index is 10.7. The van der Waals surface area contributed by atoms with Gasteiger partial charge in [0.05, 0.1) is 25.7 Å². The molecule has 0 bridgehead atoms. The van der Waals surface area contributed by atoms with Crippen LogP contribution in [0, 0.1) is 0 Å². The summed E-state index contributed by atoms with van der Waals surface area (Å²) in [6.45, 7) is 5.62. The second kappa shape index (κ2) is 5.77. The monoisotopic (exact) mass is 223 g/mol. The molecule has 1 fully saturated rings. The molecule has 0 aromatic carbocycles. The zero-order valence-electron chi connectivity index (χ0n) is 9.34. The SMILES string of the molecule is O=Cc1cncn1CCCN1CCOCC1. The highest BCUT2D eigenvalue weighted by Crippen LogP contribution is 2.01. The van der Waals surface area contributed by atoms with E-state index in [1.165, 1.54) is 0 Å². The summed E-state index contributed by atoms with van der Waals surface area (Å²) in [6, 6.07) is 0. The molecule has 0 spiro atoms. The lowest BCUT2D eigenvalue weighted by Gasteiger charge is -2.26. The van der Waals surface area contributed by atoms with Crippen molar-refractivity contribution in [1.29, 1.82) is 0 Å². The van der Waals surface area contributed by atoms with Crippen LogP contribution in [0.2, 0.25) is 0 Å². The Morgan fingerprint density at radius 2 is 2.19 bits per heavy atom. The van der Waals surface area contributed by atoms with E-state index in [-0.39, 0.29) is 0 Å². The van der Waals surface area contributed by atoms with E-state index in [9.17, 15) is 4.79 Å². The van der Waals surface area contributed by atoms with Crippen LogP contribution in [0.4, 0.5) is 0 Å². The second-order valence-corrected chi connectivity index (χ2v) is 3.94. The van der Waals surface area contributed by atoms with Crippen molar-refractivity contribution in [1.82, 2.24) is 14.5 Å². The lowest BCUT2D eigenvalue weighted by Crippen LogP contribution is -2.37. The van der Waals surface area contributed by atoms with Crippen molar-refractivity contribution in [2.24, 2.45) is 0 Å². The van der Waals surface area contributed by atoms with Gasteiger partial charge in [-0.2, -0.15) is 0 Å². The summed E-state index contributed by atoms with van der Waals surface area (Å²) in [5.41, 5.74) is 0.655. The maximum atomic E-state index is 10.7. The number of carbonyl (C=O) groups is 1. The minimum atomic E-state index is 0.655. The van der Waals surface area contributed by atoms with E-state index in [2.05, 4.69) is 9.88 Å². The molecule has 0 radical (unpaired) electrons. The van der Waals surface area contributed by atoms with Crippen molar-refractivity contribution in [2.45, 2.75) is 13.0 Å². The van der Waals surface area contributed by atoms with E-state index in [0.29, 0.717) is 5.69 Å². The number of morpholine rings is 1. The zero-order valence-corrected chi connectivity index (χ0v) is 9.34. The van der Waals surface area contributed by atoms with Gasteiger partial charge in [0.1, 0.15) is 5.69 Å². The number of aryl methyl sites for hydroxylation is 1. The van der Waals surface area contributed by atoms with Crippen molar-refractivity contribution >= 4 is 6.29 Å².